The summed E-state index contributed by atoms with van der Waals surface area (Å²) in [7, 11) is 5.23. The molecule has 20 nitrogen and oxygen atoms in total. The lowest BCUT2D eigenvalue weighted by Crippen LogP contribution is -2.61. The summed E-state index contributed by atoms with van der Waals surface area (Å²) in [6.45, 7) is 20.4. The molecule has 2 aromatic rings. The van der Waals surface area contributed by atoms with Crippen LogP contribution in [0.1, 0.15) is 112 Å². The summed E-state index contributed by atoms with van der Waals surface area (Å²) in [4.78, 5) is 29.3. The maximum atomic E-state index is 14.5. The topological polar surface area (TPSA) is 254 Å². The number of carbonyl (C=O) groups excluding carboxylic acids is 1. The lowest BCUT2D eigenvalue weighted by atomic mass is 9.77. The molecule has 18 atom stereocenters. The van der Waals surface area contributed by atoms with E-state index in [1.807, 2.05) is 43.9 Å². The molecule has 69 heavy (non-hydrogen) atoms. The number of aliphatic hydroxyl groups is 5. The van der Waals surface area contributed by atoms with Crippen LogP contribution < -0.4 is 0 Å². The standard InChI is InChI=1S/C49H82N6O14/c1-15-38-49(11,61)42(57)32(7)53(13)24-27(2)22-47(9,60)44(30(5)41(31(6)45(59)67-38)68-39-23-48(10,64-14)43(58)33(8)66-39)69-46-40(56)37(21-29(4)65-46)52(12)19-18-35-26-54(51-50-35)25-34-16-17-36(55(62)63)28(3)20-34/h16-17,20,26-27,29-33,37-44,46,56-58,60-61H,15,18-19,21-25H2,1-14H3/t27-,29-,30+,31-,32-,33+,37+,38-,39+,40-,41+,42-,43+,44-,46+,47-,48-,49-/m1/s1. The van der Waals surface area contributed by atoms with Crippen LogP contribution in [0.4, 0.5) is 5.69 Å². The Bertz CT molecular complexity index is 2010. The molecule has 0 amide bonds. The van der Waals surface area contributed by atoms with Crippen molar-refractivity contribution < 1.29 is 63.7 Å². The number of likely N-dealkylation sites (N-methyl/N-ethyl adjacent to an activating group) is 2. The predicted octanol–water partition coefficient (Wildman–Crippen LogP) is 3.37. The number of benzene rings is 1. The van der Waals surface area contributed by atoms with Gasteiger partial charge in [-0.25, -0.2) is 4.68 Å². The highest BCUT2D eigenvalue weighted by Crippen LogP contribution is 2.40. The largest absolute Gasteiger partial charge is 0.459 e. The van der Waals surface area contributed by atoms with Crippen molar-refractivity contribution in [1.82, 2.24) is 24.8 Å². The minimum atomic E-state index is -1.84. The second-order valence-corrected chi connectivity index (χ2v) is 21.2. The molecule has 5 rings (SSSR count). The summed E-state index contributed by atoms with van der Waals surface area (Å²) in [5, 5.41) is 79.5. The smallest absolute Gasteiger partial charge is 0.311 e. The van der Waals surface area contributed by atoms with Crippen LogP contribution in [0.3, 0.4) is 0 Å². The van der Waals surface area contributed by atoms with Gasteiger partial charge in [-0.2, -0.15) is 0 Å². The number of nitro groups is 1. The predicted molar refractivity (Wildman–Crippen MR) is 254 cm³/mol. The molecule has 0 bridgehead atoms. The molecule has 0 unspecified atom stereocenters. The first-order chi connectivity index (χ1) is 32.1. The van der Waals surface area contributed by atoms with Crippen LogP contribution in [0.15, 0.2) is 24.4 Å². The van der Waals surface area contributed by atoms with Crippen LogP contribution in [0.2, 0.25) is 0 Å². The van der Waals surface area contributed by atoms with Crippen molar-refractivity contribution >= 4 is 11.7 Å². The first-order valence-electron chi connectivity index (χ1n) is 24.5. The average Bonchev–Trinajstić information content (AvgIpc) is 3.73. The van der Waals surface area contributed by atoms with Crippen molar-refractivity contribution in [3.63, 3.8) is 0 Å². The molecule has 3 aliphatic heterocycles. The van der Waals surface area contributed by atoms with Gasteiger partial charge in [0.15, 0.2) is 12.6 Å². The van der Waals surface area contributed by atoms with Gasteiger partial charge in [0, 0.05) is 68.9 Å². The zero-order valence-corrected chi connectivity index (χ0v) is 43.2. The van der Waals surface area contributed by atoms with Crippen LogP contribution in [-0.2, 0) is 46.2 Å². The van der Waals surface area contributed by atoms with E-state index in [4.69, 9.17) is 28.4 Å². The third-order valence-corrected chi connectivity index (χ3v) is 15.2. The summed E-state index contributed by atoms with van der Waals surface area (Å²) >= 11 is 0. The monoisotopic (exact) mass is 979 g/mol. The zero-order valence-electron chi connectivity index (χ0n) is 43.2. The Morgan fingerprint density at radius 1 is 1.01 bits per heavy atom. The van der Waals surface area contributed by atoms with Gasteiger partial charge in [-0.3, -0.25) is 14.9 Å². The fourth-order valence-corrected chi connectivity index (χ4v) is 10.9. The molecule has 5 N–H and O–H groups in total. The van der Waals surface area contributed by atoms with E-state index in [1.54, 1.807) is 72.2 Å². The zero-order chi connectivity index (χ0) is 51.5. The number of carbonyl (C=O) groups is 1. The molecule has 0 aliphatic carbocycles. The van der Waals surface area contributed by atoms with Crippen LogP contribution in [0.5, 0.6) is 0 Å². The molecule has 392 valence electrons. The van der Waals surface area contributed by atoms with E-state index in [2.05, 4.69) is 10.3 Å². The SMILES string of the molecule is CC[C@H]1OC(=O)[C@H](C)[C@@H](O[C@H]2C[C@@](C)(OC)[C@@H](O)[C@H](C)O2)[C@H](C)[C@@H](O[C@@H]2O[C@H](C)C[C@H](N(C)CCc3cn(Cc4ccc([N+](=O)[O-])c(C)c4)nn3)[C@H]2O)[C@](C)(O)C[C@@H](C)CN(C)[C@H](C)[C@@H](O)[C@]1(C)O. The van der Waals surface area contributed by atoms with Gasteiger partial charge in [0.2, 0.25) is 0 Å². The third-order valence-electron chi connectivity index (χ3n) is 15.2. The van der Waals surface area contributed by atoms with E-state index in [0.29, 0.717) is 38.0 Å². The molecule has 20 heteroatoms. The summed E-state index contributed by atoms with van der Waals surface area (Å²) in [6.07, 6.45) is -6.92. The maximum Gasteiger partial charge on any atom is 0.311 e. The molecule has 0 saturated carbocycles. The number of nitrogens with zero attached hydrogens (tertiary/aromatic N) is 6. The Labute approximate surface area is 407 Å². The number of hydrogen-bond donors (Lipinski definition) is 5. The highest BCUT2D eigenvalue weighted by atomic mass is 16.7. The van der Waals surface area contributed by atoms with Crippen molar-refractivity contribution in [2.45, 2.75) is 205 Å². The number of hydrogen-bond acceptors (Lipinski definition) is 18. The van der Waals surface area contributed by atoms with Gasteiger partial charge in [0.25, 0.3) is 5.69 Å². The van der Waals surface area contributed by atoms with Gasteiger partial charge < -0.3 is 63.8 Å². The minimum absolute atomic E-state index is 0.0542. The molecule has 3 fully saturated rings. The van der Waals surface area contributed by atoms with Crippen LogP contribution in [0.25, 0.3) is 0 Å². The number of aromatic nitrogens is 3. The molecule has 1 aromatic heterocycles. The quantitative estimate of drug-likeness (QED) is 0.110. The second-order valence-electron chi connectivity index (χ2n) is 21.2. The molecular formula is C49H82N6O14. The van der Waals surface area contributed by atoms with Gasteiger partial charge in [-0.15, -0.1) is 5.10 Å². The highest BCUT2D eigenvalue weighted by Gasteiger charge is 2.53. The molecule has 3 aliphatic rings. The first kappa shape index (κ1) is 56.7. The normalized spacial score (nSPS) is 40.2. The Kier molecular flexibility index (Phi) is 19.0. The molecule has 0 radical (unpaired) electrons. The number of aryl methyl sites for hydroxylation is 1. The summed E-state index contributed by atoms with van der Waals surface area (Å²) < 4.78 is 39.9. The number of rotatable bonds is 13. The minimum Gasteiger partial charge on any atom is -0.459 e. The van der Waals surface area contributed by atoms with Gasteiger partial charge in [0.1, 0.15) is 30.0 Å². The number of cyclic esters (lactones) is 1. The number of ether oxygens (including phenoxy) is 6. The number of aliphatic hydroxyl groups excluding tert-OH is 3. The van der Waals surface area contributed by atoms with Crippen molar-refractivity contribution in [1.29, 1.82) is 0 Å². The van der Waals surface area contributed by atoms with Crippen molar-refractivity contribution in [3.8, 4) is 0 Å². The van der Waals surface area contributed by atoms with E-state index in [-0.39, 0.29) is 37.0 Å². The van der Waals surface area contributed by atoms with Crippen molar-refractivity contribution in [3.05, 3.63) is 51.3 Å². The Balaban J connectivity index is 1.44. The van der Waals surface area contributed by atoms with Gasteiger partial charge in [0.05, 0.1) is 58.7 Å². The molecule has 0 spiro atoms. The number of esters is 1. The lowest BCUT2D eigenvalue weighted by Gasteiger charge is -2.49. The first-order valence-corrected chi connectivity index (χ1v) is 24.5. The fourth-order valence-electron chi connectivity index (χ4n) is 10.9. The second kappa shape index (κ2) is 23.1. The molecular weight excluding hydrogens is 897 g/mol. The van der Waals surface area contributed by atoms with E-state index in [9.17, 15) is 40.4 Å². The summed E-state index contributed by atoms with van der Waals surface area (Å²) in [6, 6.07) is 3.92. The molecule has 1 aromatic carbocycles. The van der Waals surface area contributed by atoms with Crippen molar-refractivity contribution in [2.75, 3.05) is 34.3 Å². The maximum absolute atomic E-state index is 14.5. The average molecular weight is 979 g/mol. The van der Waals surface area contributed by atoms with Crippen LogP contribution in [0, 0.1) is 34.8 Å². The summed E-state index contributed by atoms with van der Waals surface area (Å²) in [5.74, 6) is -2.83. The fraction of sp³-hybridized carbons (Fsp3) is 0.816. The number of methoxy groups -OCH3 is 1. The Hall–Kier alpha value is -3.25. The highest BCUT2D eigenvalue weighted by molar-refractivity contribution is 5.73. The molecule has 3 saturated heterocycles. The summed E-state index contributed by atoms with van der Waals surface area (Å²) in [5.41, 5.74) is -2.38. The molecule has 4 heterocycles. The number of nitro benzene ring substituents is 1. The Morgan fingerprint density at radius 3 is 2.32 bits per heavy atom. The van der Waals surface area contributed by atoms with Gasteiger partial charge in [-0.1, -0.05) is 32.1 Å². The third kappa shape index (κ3) is 13.2. The van der Waals surface area contributed by atoms with E-state index in [1.165, 1.54) is 20.1 Å². The van der Waals surface area contributed by atoms with E-state index >= 15 is 0 Å². The van der Waals surface area contributed by atoms with Gasteiger partial charge >= 0.3 is 5.97 Å². The van der Waals surface area contributed by atoms with E-state index in [0.717, 1.165) is 11.3 Å². The van der Waals surface area contributed by atoms with Crippen LogP contribution in [-0.4, -0.2) is 186 Å². The van der Waals surface area contributed by atoms with Crippen LogP contribution >= 0.6 is 0 Å². The van der Waals surface area contributed by atoms with Gasteiger partial charge in [-0.05, 0) is 106 Å². The van der Waals surface area contributed by atoms with Crippen molar-refractivity contribution in [2.24, 2.45) is 17.8 Å². The lowest BCUT2D eigenvalue weighted by molar-refractivity contribution is -0.385. The van der Waals surface area contributed by atoms with E-state index < -0.39 is 107 Å². The Morgan fingerprint density at radius 2 is 1.70 bits per heavy atom.